The number of hydrogen-bond donors (Lipinski definition) is 1. The minimum Gasteiger partial charge on any atom is -0.346 e. The Morgan fingerprint density at radius 3 is 2.70 bits per heavy atom. The number of alkyl halides is 3. The zero-order valence-corrected chi connectivity index (χ0v) is 16.8. The number of hydrogen-bond acceptors (Lipinski definition) is 5. The average molecular weight is 435 g/mol. The van der Waals surface area contributed by atoms with Crippen LogP contribution in [0.2, 0.25) is 0 Å². The van der Waals surface area contributed by atoms with E-state index < -0.39 is 18.6 Å². The average Bonchev–Trinajstić information content (AvgIpc) is 3.36. The Morgan fingerprint density at radius 2 is 2.07 bits per heavy atom. The van der Waals surface area contributed by atoms with Crippen LogP contribution in [0.4, 0.5) is 13.2 Å². The maximum absolute atomic E-state index is 13.1. The Hall–Kier alpha value is -2.46. The summed E-state index contributed by atoms with van der Waals surface area (Å²) in [6, 6.07) is 5.00. The number of aromatic nitrogens is 3. The highest BCUT2D eigenvalue weighted by Crippen LogP contribution is 2.31. The molecule has 3 saturated heterocycles. The molecule has 0 spiro atoms. The van der Waals surface area contributed by atoms with Gasteiger partial charge in [-0.1, -0.05) is 0 Å². The van der Waals surface area contributed by atoms with Crippen LogP contribution >= 0.6 is 11.3 Å². The van der Waals surface area contributed by atoms with Gasteiger partial charge in [0.2, 0.25) is 0 Å². The van der Waals surface area contributed by atoms with Crippen molar-refractivity contribution < 1.29 is 18.0 Å². The standard InChI is InChI=1S/C20H20F3N5OS/c21-20(22,23)11-28-16-2-1-13(19-24-5-8-30-19)9-14(16)17(26-28)18(29)25-15-10-27-6-3-12(15)4-7-27/h1-2,5,8-9,12,15H,3-4,6-7,10-11H2,(H,25,29)/t15-/m1/s1. The monoisotopic (exact) mass is 435 g/mol. The van der Waals surface area contributed by atoms with Gasteiger partial charge in [-0.15, -0.1) is 11.3 Å². The van der Waals surface area contributed by atoms with E-state index in [1.165, 1.54) is 11.3 Å². The van der Waals surface area contributed by atoms with Gasteiger partial charge in [-0.25, -0.2) is 4.98 Å². The lowest BCUT2D eigenvalue weighted by Gasteiger charge is -2.44. The predicted molar refractivity (Wildman–Crippen MR) is 107 cm³/mol. The van der Waals surface area contributed by atoms with Crippen LogP contribution in [0.5, 0.6) is 0 Å². The summed E-state index contributed by atoms with van der Waals surface area (Å²) in [5, 5.41) is 10.1. The topological polar surface area (TPSA) is 63.1 Å². The first-order valence-corrected chi connectivity index (χ1v) is 10.8. The molecule has 5 heterocycles. The van der Waals surface area contributed by atoms with Crippen molar-refractivity contribution in [2.75, 3.05) is 19.6 Å². The number of nitrogens with one attached hydrogen (secondary N) is 1. The Kier molecular flexibility index (Phi) is 4.78. The molecule has 3 aliphatic rings. The molecule has 30 heavy (non-hydrogen) atoms. The normalized spacial score (nSPS) is 23.8. The third-order valence-electron chi connectivity index (χ3n) is 5.95. The van der Waals surface area contributed by atoms with Crippen molar-refractivity contribution in [1.29, 1.82) is 0 Å². The molecular weight excluding hydrogens is 415 g/mol. The fourth-order valence-electron chi connectivity index (χ4n) is 4.50. The van der Waals surface area contributed by atoms with Gasteiger partial charge in [-0.2, -0.15) is 18.3 Å². The lowest BCUT2D eigenvalue weighted by molar-refractivity contribution is -0.141. The van der Waals surface area contributed by atoms with E-state index in [0.717, 1.165) is 47.7 Å². The van der Waals surface area contributed by atoms with Crippen LogP contribution in [0.15, 0.2) is 29.8 Å². The van der Waals surface area contributed by atoms with Gasteiger partial charge < -0.3 is 10.2 Å². The first-order chi connectivity index (χ1) is 14.4. The van der Waals surface area contributed by atoms with Gasteiger partial charge in [0.1, 0.15) is 11.6 Å². The van der Waals surface area contributed by atoms with E-state index in [1.807, 2.05) is 5.38 Å². The largest absolute Gasteiger partial charge is 0.408 e. The molecule has 1 N–H and O–H groups in total. The Bertz CT molecular complexity index is 1070. The number of fused-ring (bicyclic) bond motifs is 4. The smallest absolute Gasteiger partial charge is 0.346 e. The second kappa shape index (κ2) is 7.35. The number of amides is 1. The second-order valence-electron chi connectivity index (χ2n) is 7.91. The summed E-state index contributed by atoms with van der Waals surface area (Å²) >= 11 is 1.43. The molecule has 2 bridgehead atoms. The highest BCUT2D eigenvalue weighted by molar-refractivity contribution is 7.13. The van der Waals surface area contributed by atoms with Crippen LogP contribution in [0.1, 0.15) is 23.3 Å². The summed E-state index contributed by atoms with van der Waals surface area (Å²) in [5.41, 5.74) is 1.07. The van der Waals surface area contributed by atoms with Gasteiger partial charge in [0.25, 0.3) is 5.91 Å². The first kappa shape index (κ1) is 19.5. The molecule has 3 aromatic rings. The quantitative estimate of drug-likeness (QED) is 0.681. The summed E-state index contributed by atoms with van der Waals surface area (Å²) in [4.78, 5) is 19.7. The SMILES string of the molecule is O=C(N[C@@H]1CN2CCC1CC2)c1nn(CC(F)(F)F)c2ccc(-c3nccs3)cc12. The molecule has 10 heteroatoms. The number of piperidine rings is 3. The summed E-state index contributed by atoms with van der Waals surface area (Å²) in [6.07, 6.45) is -0.709. The molecule has 3 aliphatic heterocycles. The van der Waals surface area contributed by atoms with E-state index in [4.69, 9.17) is 0 Å². The number of nitrogens with zero attached hydrogens (tertiary/aromatic N) is 4. The number of carbonyl (C=O) groups excluding carboxylic acids is 1. The lowest BCUT2D eigenvalue weighted by atomic mass is 9.84. The molecule has 1 atom stereocenters. The minimum absolute atomic E-state index is 0.00459. The molecular formula is C20H20F3N5OS. The molecule has 0 saturated carbocycles. The summed E-state index contributed by atoms with van der Waals surface area (Å²) < 4.78 is 40.1. The van der Waals surface area contributed by atoms with Crippen molar-refractivity contribution in [3.8, 4) is 10.6 Å². The minimum atomic E-state index is -4.43. The highest BCUT2D eigenvalue weighted by atomic mass is 32.1. The van der Waals surface area contributed by atoms with Gasteiger partial charge in [0.15, 0.2) is 5.69 Å². The van der Waals surface area contributed by atoms with E-state index in [-0.39, 0.29) is 17.3 Å². The van der Waals surface area contributed by atoms with Crippen LogP contribution in [0.3, 0.4) is 0 Å². The highest BCUT2D eigenvalue weighted by Gasteiger charge is 2.36. The molecule has 0 radical (unpaired) electrons. The molecule has 6 nitrogen and oxygen atoms in total. The zero-order valence-electron chi connectivity index (χ0n) is 16.0. The van der Waals surface area contributed by atoms with Gasteiger partial charge in [-0.05, 0) is 50.0 Å². The molecule has 3 fully saturated rings. The molecule has 1 amide bonds. The summed E-state index contributed by atoms with van der Waals surface area (Å²) in [6.45, 7) is 1.61. The number of benzene rings is 1. The van der Waals surface area contributed by atoms with Crippen LogP contribution in [0.25, 0.3) is 21.5 Å². The maximum atomic E-state index is 13.1. The van der Waals surface area contributed by atoms with E-state index in [9.17, 15) is 18.0 Å². The summed E-state index contributed by atoms with van der Waals surface area (Å²) in [5.74, 6) is -0.00989. The van der Waals surface area contributed by atoms with Gasteiger partial charge in [0, 0.05) is 35.1 Å². The maximum Gasteiger partial charge on any atom is 0.408 e. The van der Waals surface area contributed by atoms with Crippen molar-refractivity contribution >= 4 is 28.1 Å². The lowest BCUT2D eigenvalue weighted by Crippen LogP contribution is -2.57. The molecule has 1 aromatic carbocycles. The van der Waals surface area contributed by atoms with Crippen molar-refractivity contribution in [3.63, 3.8) is 0 Å². The van der Waals surface area contributed by atoms with Gasteiger partial charge in [-0.3, -0.25) is 9.48 Å². The number of carbonyl (C=O) groups is 1. The fraction of sp³-hybridized carbons (Fsp3) is 0.450. The van der Waals surface area contributed by atoms with Gasteiger partial charge >= 0.3 is 6.18 Å². The number of halogens is 3. The zero-order chi connectivity index (χ0) is 20.9. The number of rotatable bonds is 4. The third kappa shape index (κ3) is 3.69. The predicted octanol–water partition coefficient (Wildman–Crippen LogP) is 3.55. The van der Waals surface area contributed by atoms with Crippen LogP contribution in [-0.2, 0) is 6.54 Å². The molecule has 0 aliphatic carbocycles. The van der Waals surface area contributed by atoms with E-state index in [1.54, 1.807) is 24.4 Å². The van der Waals surface area contributed by atoms with Crippen LogP contribution < -0.4 is 5.32 Å². The fourth-order valence-corrected chi connectivity index (χ4v) is 5.14. The molecule has 158 valence electrons. The van der Waals surface area contributed by atoms with Crippen LogP contribution in [0, 0.1) is 5.92 Å². The van der Waals surface area contributed by atoms with Crippen molar-refractivity contribution in [2.24, 2.45) is 5.92 Å². The Labute approximate surface area is 174 Å². The van der Waals surface area contributed by atoms with Crippen molar-refractivity contribution in [3.05, 3.63) is 35.5 Å². The Balaban J connectivity index is 1.51. The number of thiazole rings is 1. The first-order valence-electron chi connectivity index (χ1n) is 9.88. The van der Waals surface area contributed by atoms with Crippen molar-refractivity contribution in [1.82, 2.24) is 25.0 Å². The Morgan fingerprint density at radius 1 is 1.27 bits per heavy atom. The molecule has 2 aromatic heterocycles. The van der Waals surface area contributed by atoms with Crippen molar-refractivity contribution in [2.45, 2.75) is 31.6 Å². The van der Waals surface area contributed by atoms with E-state index in [0.29, 0.717) is 11.3 Å². The van der Waals surface area contributed by atoms with E-state index >= 15 is 0 Å². The van der Waals surface area contributed by atoms with E-state index in [2.05, 4.69) is 20.3 Å². The van der Waals surface area contributed by atoms with Gasteiger partial charge in [0.05, 0.1) is 5.52 Å². The second-order valence-corrected chi connectivity index (χ2v) is 8.80. The molecule has 6 rings (SSSR count). The molecule has 0 unspecified atom stereocenters. The summed E-state index contributed by atoms with van der Waals surface area (Å²) in [7, 11) is 0. The third-order valence-corrected chi connectivity index (χ3v) is 6.77. The van der Waals surface area contributed by atoms with Crippen LogP contribution in [-0.4, -0.2) is 57.4 Å².